The molecule has 1 N–H and O–H groups in total. The van der Waals surface area contributed by atoms with Crippen LogP contribution in [0.15, 0.2) is 42.5 Å². The van der Waals surface area contributed by atoms with Crippen LogP contribution in [0.1, 0.15) is 31.4 Å². The van der Waals surface area contributed by atoms with Crippen molar-refractivity contribution in [2.45, 2.75) is 31.8 Å². The number of aliphatic hydroxyl groups excluding tert-OH is 1. The average Bonchev–Trinajstić information content (AvgIpc) is 2.68. The first-order valence-electron chi connectivity index (χ1n) is 9.27. The van der Waals surface area contributed by atoms with Gasteiger partial charge in [0.1, 0.15) is 24.2 Å². The molecule has 0 unspecified atom stereocenters. The second kappa shape index (κ2) is 11.2. The molecule has 2 rings (SSSR count). The highest BCUT2D eigenvalue weighted by Gasteiger charge is 2.24. The largest absolute Gasteiger partial charge is 0.492 e. The molecule has 0 aliphatic carbocycles. The number of rotatable bonds is 11. The van der Waals surface area contributed by atoms with Crippen molar-refractivity contribution in [2.75, 3.05) is 32.8 Å². The first-order chi connectivity index (χ1) is 13.4. The van der Waals surface area contributed by atoms with Gasteiger partial charge >= 0.3 is 0 Å². The molecular weight excluding hydrogens is 491 g/mol. The van der Waals surface area contributed by atoms with Crippen LogP contribution in [0.4, 0.5) is 0 Å². The van der Waals surface area contributed by atoms with Crippen LogP contribution in [0.25, 0.3) is 0 Å². The molecule has 0 heterocycles. The van der Waals surface area contributed by atoms with Gasteiger partial charge in [0, 0.05) is 18.4 Å². The Morgan fingerprint density at radius 2 is 1.71 bits per heavy atom. The van der Waals surface area contributed by atoms with E-state index in [0.717, 1.165) is 21.5 Å². The molecule has 4 nitrogen and oxygen atoms in total. The lowest BCUT2D eigenvalue weighted by Gasteiger charge is -2.27. The number of hydrogen-bond acceptors (Lipinski definition) is 4. The number of halogens is 2. The Labute approximate surface area is 186 Å². The highest BCUT2D eigenvalue weighted by Crippen LogP contribution is 2.35. The molecule has 0 amide bonds. The van der Waals surface area contributed by atoms with Gasteiger partial charge in [-0.1, -0.05) is 32.0 Å². The van der Waals surface area contributed by atoms with E-state index in [4.69, 9.17) is 25.8 Å². The third kappa shape index (κ3) is 6.51. The van der Waals surface area contributed by atoms with Crippen LogP contribution in [0.2, 0.25) is 0 Å². The van der Waals surface area contributed by atoms with Crippen LogP contribution >= 0.6 is 34.2 Å². The van der Waals surface area contributed by atoms with E-state index in [0.29, 0.717) is 12.5 Å². The normalized spacial score (nSPS) is 12.6. The van der Waals surface area contributed by atoms with Crippen molar-refractivity contribution in [3.63, 3.8) is 0 Å². The Kier molecular flexibility index (Phi) is 9.34. The summed E-state index contributed by atoms with van der Waals surface area (Å²) in [6.45, 7) is 5.49. The minimum Gasteiger partial charge on any atom is -0.492 e. The maximum absolute atomic E-state index is 9.69. The summed E-state index contributed by atoms with van der Waals surface area (Å²) >= 11 is 8.03. The van der Waals surface area contributed by atoms with Gasteiger partial charge in [0.05, 0.1) is 16.8 Å². The maximum atomic E-state index is 9.69. The average molecular weight is 519 g/mol. The van der Waals surface area contributed by atoms with Gasteiger partial charge in [-0.25, -0.2) is 0 Å². The van der Waals surface area contributed by atoms with Crippen LogP contribution < -0.4 is 9.47 Å². The fraction of sp³-hybridized carbons (Fsp3) is 0.455. The van der Waals surface area contributed by atoms with E-state index in [-0.39, 0.29) is 18.6 Å². The van der Waals surface area contributed by atoms with Crippen LogP contribution in [-0.4, -0.2) is 44.0 Å². The van der Waals surface area contributed by atoms with Gasteiger partial charge in [0.15, 0.2) is 0 Å². The van der Waals surface area contributed by atoms with E-state index in [1.807, 2.05) is 18.2 Å². The lowest BCUT2D eigenvalue weighted by Crippen LogP contribution is -2.22. The standard InChI is InChI=1S/C22H28ClIO4/c1-22(2,17-7-10-21(20(24)13-17)27-12-4-11-23)16-5-8-19(9-6-16)28-15-18(25)14-26-3/h5-10,13,18,25H,4,11-12,14-15H2,1-3H3/t18-/m0/s1. The minimum atomic E-state index is -0.631. The van der Waals surface area contributed by atoms with Crippen molar-refractivity contribution in [1.82, 2.24) is 0 Å². The number of benzene rings is 2. The smallest absolute Gasteiger partial charge is 0.132 e. The molecule has 0 aliphatic heterocycles. The van der Waals surface area contributed by atoms with Crippen molar-refractivity contribution in [2.24, 2.45) is 0 Å². The highest BCUT2D eigenvalue weighted by molar-refractivity contribution is 14.1. The summed E-state index contributed by atoms with van der Waals surface area (Å²) in [5, 5.41) is 9.69. The van der Waals surface area contributed by atoms with Crippen LogP contribution in [-0.2, 0) is 10.2 Å². The predicted octanol–water partition coefficient (Wildman–Crippen LogP) is 5.01. The molecule has 2 aromatic rings. The fourth-order valence-corrected chi connectivity index (χ4v) is 3.59. The first kappa shape index (κ1) is 23.3. The van der Waals surface area contributed by atoms with Crippen LogP contribution in [0.3, 0.4) is 0 Å². The molecule has 0 saturated carbocycles. The predicted molar refractivity (Wildman–Crippen MR) is 122 cm³/mol. The second-order valence-electron chi connectivity index (χ2n) is 7.11. The Bertz CT molecular complexity index is 734. The zero-order valence-corrected chi connectivity index (χ0v) is 19.5. The summed E-state index contributed by atoms with van der Waals surface area (Å²) in [7, 11) is 1.56. The second-order valence-corrected chi connectivity index (χ2v) is 8.65. The maximum Gasteiger partial charge on any atom is 0.132 e. The summed E-state index contributed by atoms with van der Waals surface area (Å²) in [6, 6.07) is 14.3. The third-order valence-electron chi connectivity index (χ3n) is 4.57. The Morgan fingerprint density at radius 1 is 1.04 bits per heavy atom. The quantitative estimate of drug-likeness (QED) is 0.258. The molecule has 0 spiro atoms. The Hall–Kier alpha value is -1.02. The summed E-state index contributed by atoms with van der Waals surface area (Å²) in [5.41, 5.74) is 2.23. The first-order valence-corrected chi connectivity index (χ1v) is 10.9. The molecule has 6 heteroatoms. The molecule has 0 radical (unpaired) electrons. The number of hydrogen-bond donors (Lipinski definition) is 1. The van der Waals surface area contributed by atoms with E-state index in [1.165, 1.54) is 11.1 Å². The van der Waals surface area contributed by atoms with E-state index >= 15 is 0 Å². The van der Waals surface area contributed by atoms with Gasteiger partial charge in [-0.15, -0.1) is 11.6 Å². The van der Waals surface area contributed by atoms with Gasteiger partial charge in [0.2, 0.25) is 0 Å². The van der Waals surface area contributed by atoms with Crippen LogP contribution in [0.5, 0.6) is 11.5 Å². The molecule has 0 fully saturated rings. The minimum absolute atomic E-state index is 0.164. The highest BCUT2D eigenvalue weighted by atomic mass is 127. The van der Waals surface area contributed by atoms with Gasteiger partial charge < -0.3 is 19.3 Å². The van der Waals surface area contributed by atoms with Crippen molar-refractivity contribution >= 4 is 34.2 Å². The lowest BCUT2D eigenvalue weighted by molar-refractivity contribution is 0.0325. The Balaban J connectivity index is 2.08. The van der Waals surface area contributed by atoms with E-state index in [9.17, 15) is 5.11 Å². The monoisotopic (exact) mass is 518 g/mol. The summed E-state index contributed by atoms with van der Waals surface area (Å²) in [5.74, 6) is 2.23. The number of aliphatic hydroxyl groups is 1. The third-order valence-corrected chi connectivity index (χ3v) is 5.68. The van der Waals surface area contributed by atoms with Gasteiger partial charge in [-0.2, -0.15) is 0 Å². The SMILES string of the molecule is COC[C@H](O)COc1ccc(C(C)(C)c2ccc(OCCCCl)c(I)c2)cc1. The molecule has 0 aromatic heterocycles. The van der Waals surface area contributed by atoms with Crippen molar-refractivity contribution in [1.29, 1.82) is 0 Å². The summed E-state index contributed by atoms with van der Waals surface area (Å²) in [6.07, 6.45) is 0.204. The molecule has 154 valence electrons. The van der Waals surface area contributed by atoms with Crippen molar-refractivity contribution < 1.29 is 19.3 Å². The summed E-state index contributed by atoms with van der Waals surface area (Å²) in [4.78, 5) is 0. The van der Waals surface area contributed by atoms with Gasteiger partial charge in [-0.3, -0.25) is 0 Å². The zero-order valence-electron chi connectivity index (χ0n) is 16.6. The Morgan fingerprint density at radius 3 is 2.32 bits per heavy atom. The van der Waals surface area contributed by atoms with E-state index in [1.54, 1.807) is 7.11 Å². The fourth-order valence-electron chi connectivity index (χ4n) is 2.81. The van der Waals surface area contributed by atoms with Gasteiger partial charge in [0.25, 0.3) is 0 Å². The molecule has 2 aromatic carbocycles. The molecular formula is C22H28ClIO4. The van der Waals surface area contributed by atoms with Crippen molar-refractivity contribution in [3.8, 4) is 11.5 Å². The van der Waals surface area contributed by atoms with Gasteiger partial charge in [-0.05, 0) is 64.4 Å². The van der Waals surface area contributed by atoms with E-state index in [2.05, 4.69) is 60.7 Å². The molecule has 0 saturated heterocycles. The number of alkyl halides is 1. The van der Waals surface area contributed by atoms with Crippen LogP contribution in [0, 0.1) is 3.57 Å². The molecule has 1 atom stereocenters. The number of ether oxygens (including phenoxy) is 3. The molecule has 0 bridgehead atoms. The van der Waals surface area contributed by atoms with E-state index < -0.39 is 6.10 Å². The van der Waals surface area contributed by atoms with Crippen molar-refractivity contribution in [3.05, 3.63) is 57.2 Å². The zero-order chi connectivity index (χ0) is 20.6. The molecule has 28 heavy (non-hydrogen) atoms. The summed E-state index contributed by atoms with van der Waals surface area (Å²) < 4.78 is 17.4. The number of methoxy groups -OCH3 is 1. The topological polar surface area (TPSA) is 47.9 Å². The molecule has 0 aliphatic rings. The lowest BCUT2D eigenvalue weighted by atomic mass is 9.78.